The summed E-state index contributed by atoms with van der Waals surface area (Å²) in [5.74, 6) is 0. The summed E-state index contributed by atoms with van der Waals surface area (Å²) in [6.45, 7) is 9.22. The Bertz CT molecular complexity index is 1530. The Morgan fingerprint density at radius 3 is 1.51 bits per heavy atom. The highest BCUT2D eigenvalue weighted by molar-refractivity contribution is 7.40. The van der Waals surface area contributed by atoms with E-state index in [0.29, 0.717) is 0 Å². The van der Waals surface area contributed by atoms with Crippen LogP contribution in [-0.4, -0.2) is 0 Å². The number of rotatable bonds is 20. The molecule has 0 saturated carbocycles. The fraction of sp³-hybridized carbons (Fsp3) is 0.579. The number of thiophene rings is 5. The van der Waals surface area contributed by atoms with E-state index < -0.39 is 0 Å². The van der Waals surface area contributed by atoms with Crippen molar-refractivity contribution in [2.45, 2.75) is 143 Å². The van der Waals surface area contributed by atoms with Gasteiger partial charge in [0.25, 0.3) is 0 Å². The lowest BCUT2D eigenvalue weighted by Gasteiger charge is -2.05. The van der Waals surface area contributed by atoms with Gasteiger partial charge in [0.05, 0.1) is 18.8 Å². The maximum atomic E-state index is 2.41. The first-order valence-corrected chi connectivity index (χ1v) is 21.3. The van der Waals surface area contributed by atoms with Gasteiger partial charge in [0, 0.05) is 29.3 Å². The van der Waals surface area contributed by atoms with Crippen molar-refractivity contribution in [3.63, 3.8) is 0 Å². The zero-order chi connectivity index (χ0) is 30.0. The SMILES string of the molecule is CCCCCCCCCCc1c(C)sc2c1sc1c(CCCCCCCCCC)c(-c3ccc(-c4ccc(C)s4)s3)sc12. The third-order valence-electron chi connectivity index (χ3n) is 8.90. The van der Waals surface area contributed by atoms with Crippen molar-refractivity contribution in [3.05, 3.63) is 45.1 Å². The highest BCUT2D eigenvalue weighted by atomic mass is 32.1. The third kappa shape index (κ3) is 8.64. The monoisotopic (exact) mass is 668 g/mol. The molecule has 5 rings (SSSR count). The van der Waals surface area contributed by atoms with Crippen LogP contribution in [0.25, 0.3) is 38.3 Å². The first-order valence-electron chi connectivity index (χ1n) is 17.2. The van der Waals surface area contributed by atoms with Crippen LogP contribution < -0.4 is 0 Å². The fourth-order valence-corrected chi connectivity index (χ4v) is 13.0. The van der Waals surface area contributed by atoms with Crippen LogP contribution in [0.1, 0.15) is 137 Å². The first-order chi connectivity index (χ1) is 21.1. The Morgan fingerprint density at radius 1 is 0.419 bits per heavy atom. The Labute approximate surface area is 281 Å². The number of fused-ring (bicyclic) bond motifs is 3. The van der Waals surface area contributed by atoms with E-state index in [0.717, 1.165) is 0 Å². The van der Waals surface area contributed by atoms with Crippen LogP contribution in [0.2, 0.25) is 0 Å². The maximum absolute atomic E-state index is 2.41. The summed E-state index contributed by atoms with van der Waals surface area (Å²) in [6.07, 6.45) is 24.8. The molecule has 0 aliphatic rings. The van der Waals surface area contributed by atoms with Crippen LogP contribution in [0.5, 0.6) is 0 Å². The molecule has 5 aromatic rings. The van der Waals surface area contributed by atoms with Crippen molar-refractivity contribution in [1.29, 1.82) is 0 Å². The fourth-order valence-electron chi connectivity index (χ4n) is 6.37. The summed E-state index contributed by atoms with van der Waals surface area (Å²) in [4.78, 5) is 8.84. The lowest BCUT2D eigenvalue weighted by atomic mass is 10.0. The molecule has 0 radical (unpaired) electrons. The molecular formula is C38H52S5. The molecule has 5 heteroatoms. The number of hydrogen-bond donors (Lipinski definition) is 0. The average Bonchev–Trinajstić information content (AvgIpc) is 3.82. The lowest BCUT2D eigenvalue weighted by Crippen LogP contribution is -1.87. The topological polar surface area (TPSA) is 0 Å². The van der Waals surface area contributed by atoms with Gasteiger partial charge in [0.2, 0.25) is 0 Å². The van der Waals surface area contributed by atoms with Crippen LogP contribution >= 0.6 is 56.7 Å². The number of unbranched alkanes of at least 4 members (excludes halogenated alkanes) is 14. The van der Waals surface area contributed by atoms with Crippen LogP contribution in [-0.2, 0) is 12.8 Å². The molecule has 0 aliphatic carbocycles. The standard InChI is InChI=1S/C38H52S5/c1-5-7-9-11-13-15-17-19-21-29-28(4)40-37-35(29)43-36-30(22-20-18-16-14-12-10-8-6-2)34(42-38(36)37)33-26-25-32(41-33)31-24-23-27(3)39-31/h23-26H,5-22H2,1-4H3. The molecule has 234 valence electrons. The van der Waals surface area contributed by atoms with Crippen molar-refractivity contribution in [2.24, 2.45) is 0 Å². The molecule has 0 bridgehead atoms. The van der Waals surface area contributed by atoms with Crippen molar-refractivity contribution in [1.82, 2.24) is 0 Å². The van der Waals surface area contributed by atoms with E-state index in [-0.39, 0.29) is 0 Å². The summed E-state index contributed by atoms with van der Waals surface area (Å²) in [5.41, 5.74) is 3.33. The minimum absolute atomic E-state index is 1.23. The smallest absolute Gasteiger partial charge is 0.0639 e. The van der Waals surface area contributed by atoms with E-state index in [9.17, 15) is 0 Å². The first kappa shape index (κ1) is 33.4. The second-order valence-corrected chi connectivity index (χ2v) is 18.1. The summed E-state index contributed by atoms with van der Waals surface area (Å²) < 4.78 is 6.41. The van der Waals surface area contributed by atoms with Gasteiger partial charge < -0.3 is 0 Å². The Kier molecular flexibility index (Phi) is 13.3. The van der Waals surface area contributed by atoms with Crippen LogP contribution in [0.4, 0.5) is 0 Å². The van der Waals surface area contributed by atoms with Crippen LogP contribution in [0.15, 0.2) is 24.3 Å². The van der Waals surface area contributed by atoms with Crippen molar-refractivity contribution >= 4 is 75.5 Å². The van der Waals surface area contributed by atoms with E-state index in [2.05, 4.69) is 86.0 Å². The summed E-state index contributed by atoms with van der Waals surface area (Å²) in [5, 5.41) is 0. The quantitative estimate of drug-likeness (QED) is 0.0724. The van der Waals surface area contributed by atoms with Crippen molar-refractivity contribution in [2.75, 3.05) is 0 Å². The highest BCUT2D eigenvalue weighted by Crippen LogP contribution is 2.52. The zero-order valence-corrected chi connectivity index (χ0v) is 31.2. The molecule has 0 aromatic carbocycles. The van der Waals surface area contributed by atoms with Gasteiger partial charge in [-0.15, -0.1) is 56.7 Å². The largest absolute Gasteiger partial charge is 0.140 e. The number of aryl methyl sites for hydroxylation is 4. The second kappa shape index (κ2) is 17.1. The second-order valence-electron chi connectivity index (χ2n) is 12.5. The predicted molar refractivity (Wildman–Crippen MR) is 204 cm³/mol. The van der Waals surface area contributed by atoms with Gasteiger partial charge in [-0.1, -0.05) is 104 Å². The van der Waals surface area contributed by atoms with E-state index in [1.54, 1.807) is 39.7 Å². The van der Waals surface area contributed by atoms with Gasteiger partial charge in [-0.25, -0.2) is 0 Å². The summed E-state index contributed by atoms with van der Waals surface area (Å²) in [7, 11) is 0. The van der Waals surface area contributed by atoms with Gasteiger partial charge in [0.1, 0.15) is 0 Å². The van der Waals surface area contributed by atoms with Crippen LogP contribution in [0, 0.1) is 13.8 Å². The van der Waals surface area contributed by atoms with Gasteiger partial charge in [-0.05, 0) is 74.9 Å². The van der Waals surface area contributed by atoms with Gasteiger partial charge >= 0.3 is 0 Å². The molecule has 0 nitrogen and oxygen atoms in total. The molecule has 0 saturated heterocycles. The van der Waals surface area contributed by atoms with Gasteiger partial charge in [-0.2, -0.15) is 0 Å². The minimum atomic E-state index is 1.23. The average molecular weight is 669 g/mol. The maximum Gasteiger partial charge on any atom is 0.0639 e. The molecule has 5 aromatic heterocycles. The summed E-state index contributed by atoms with van der Waals surface area (Å²) >= 11 is 10.3. The number of hydrogen-bond acceptors (Lipinski definition) is 5. The van der Waals surface area contributed by atoms with E-state index in [1.165, 1.54) is 135 Å². The molecule has 0 atom stereocenters. The molecule has 43 heavy (non-hydrogen) atoms. The molecule has 5 heterocycles. The Hall–Kier alpha value is -0.980. The molecule has 0 spiro atoms. The molecule has 0 fully saturated rings. The van der Waals surface area contributed by atoms with Crippen molar-refractivity contribution < 1.29 is 0 Å². The third-order valence-corrected chi connectivity index (χ3v) is 15.5. The normalized spacial score (nSPS) is 12.0. The van der Waals surface area contributed by atoms with E-state index in [4.69, 9.17) is 0 Å². The Balaban J connectivity index is 1.33. The molecule has 0 aliphatic heterocycles. The van der Waals surface area contributed by atoms with Gasteiger partial charge in [-0.3, -0.25) is 0 Å². The molecule has 0 amide bonds. The lowest BCUT2D eigenvalue weighted by molar-refractivity contribution is 0.576. The zero-order valence-electron chi connectivity index (χ0n) is 27.1. The van der Waals surface area contributed by atoms with E-state index in [1.807, 2.05) is 22.7 Å². The predicted octanol–water partition coefficient (Wildman–Crippen LogP) is 15.6. The Morgan fingerprint density at radius 2 is 0.907 bits per heavy atom. The van der Waals surface area contributed by atoms with Crippen LogP contribution in [0.3, 0.4) is 0 Å². The van der Waals surface area contributed by atoms with Gasteiger partial charge in [0.15, 0.2) is 0 Å². The molecular weight excluding hydrogens is 617 g/mol. The highest BCUT2D eigenvalue weighted by Gasteiger charge is 2.23. The minimum Gasteiger partial charge on any atom is -0.140 e. The molecule has 0 N–H and O–H groups in total. The van der Waals surface area contributed by atoms with E-state index >= 15 is 0 Å². The van der Waals surface area contributed by atoms with Crippen molar-refractivity contribution in [3.8, 4) is 19.5 Å². The molecule has 0 unspecified atom stereocenters. The summed E-state index contributed by atoms with van der Waals surface area (Å²) in [6, 6.07) is 9.34.